The maximum Gasteiger partial charge on any atom is 0.267 e. The van der Waals surface area contributed by atoms with Crippen molar-refractivity contribution in [1.29, 1.82) is 0 Å². The van der Waals surface area contributed by atoms with Gasteiger partial charge >= 0.3 is 0 Å². The van der Waals surface area contributed by atoms with Gasteiger partial charge in [-0.15, -0.1) is 12.4 Å². The van der Waals surface area contributed by atoms with Gasteiger partial charge < -0.3 is 15.4 Å². The van der Waals surface area contributed by atoms with Gasteiger partial charge in [0, 0.05) is 44.8 Å². The first-order valence-electron chi connectivity index (χ1n) is 10.6. The highest BCUT2D eigenvalue weighted by Gasteiger charge is 2.54. The van der Waals surface area contributed by atoms with Crippen molar-refractivity contribution in [3.8, 4) is 0 Å². The van der Waals surface area contributed by atoms with Crippen LogP contribution >= 0.6 is 12.4 Å². The summed E-state index contributed by atoms with van der Waals surface area (Å²) in [5, 5.41) is 0. The second kappa shape index (κ2) is 7.58. The summed E-state index contributed by atoms with van der Waals surface area (Å²) in [6, 6.07) is 3.90. The molecule has 0 aromatic carbocycles. The summed E-state index contributed by atoms with van der Waals surface area (Å²) < 4.78 is 6.30. The summed E-state index contributed by atoms with van der Waals surface area (Å²) in [6.45, 7) is 3.47. The largest absolute Gasteiger partial charge is 0.373 e. The molecule has 6 heteroatoms. The van der Waals surface area contributed by atoms with Crippen molar-refractivity contribution in [2.45, 2.75) is 44.1 Å². The molecule has 2 heterocycles. The standard InChI is InChI=1S/C22H31N3O2.ClH/c1-27-22(17-5-6-24-20(10-17)21(23)26)18-3-2-4-19(22)13-25(12-18)11-14-7-15-9-16(15)8-14;/h5-6,10,14-16,18-19H,2-4,7-9,11-13H2,1H3,(H2,23,26);1H/t14-,15+,16-,18-,19+,22-;. The summed E-state index contributed by atoms with van der Waals surface area (Å²) in [5.74, 6) is 3.49. The van der Waals surface area contributed by atoms with Crippen molar-refractivity contribution in [3.63, 3.8) is 0 Å². The van der Waals surface area contributed by atoms with E-state index in [1.807, 2.05) is 19.2 Å². The van der Waals surface area contributed by atoms with Crippen LogP contribution in [0.3, 0.4) is 0 Å². The number of ether oxygens (including phenoxy) is 1. The van der Waals surface area contributed by atoms with Gasteiger partial charge in [0.2, 0.25) is 0 Å². The van der Waals surface area contributed by atoms with Crippen LogP contribution in [-0.4, -0.2) is 42.5 Å². The van der Waals surface area contributed by atoms with E-state index in [0.29, 0.717) is 17.5 Å². The molecule has 28 heavy (non-hydrogen) atoms. The number of rotatable bonds is 5. The second-order valence-electron chi connectivity index (χ2n) is 9.43. The molecule has 5 nitrogen and oxygen atoms in total. The van der Waals surface area contributed by atoms with Gasteiger partial charge in [0.15, 0.2) is 0 Å². The number of likely N-dealkylation sites (tertiary alicyclic amines) is 1. The van der Waals surface area contributed by atoms with E-state index in [1.165, 1.54) is 45.1 Å². The van der Waals surface area contributed by atoms with Crippen molar-refractivity contribution in [2.24, 2.45) is 35.3 Å². The van der Waals surface area contributed by atoms with Gasteiger partial charge in [0.25, 0.3) is 5.91 Å². The average molecular weight is 406 g/mol. The maximum absolute atomic E-state index is 11.7. The van der Waals surface area contributed by atoms with Crippen LogP contribution in [0, 0.1) is 29.6 Å². The zero-order valence-corrected chi connectivity index (χ0v) is 17.5. The highest BCUT2D eigenvalue weighted by atomic mass is 35.5. The third-order valence-electron chi connectivity index (χ3n) is 7.93. The molecular weight excluding hydrogens is 374 g/mol. The van der Waals surface area contributed by atoms with Crippen LogP contribution in [0.5, 0.6) is 0 Å². The molecule has 154 valence electrons. The minimum absolute atomic E-state index is 0. The summed E-state index contributed by atoms with van der Waals surface area (Å²) in [7, 11) is 1.84. The predicted molar refractivity (Wildman–Crippen MR) is 110 cm³/mol. The molecule has 0 spiro atoms. The maximum atomic E-state index is 11.7. The lowest BCUT2D eigenvalue weighted by Gasteiger charge is -2.55. The van der Waals surface area contributed by atoms with E-state index in [0.717, 1.165) is 36.4 Å². The van der Waals surface area contributed by atoms with Crippen molar-refractivity contribution >= 4 is 18.3 Å². The number of fused-ring (bicyclic) bond motifs is 3. The number of methoxy groups -OCH3 is 1. The number of hydrogen-bond acceptors (Lipinski definition) is 4. The fourth-order valence-corrected chi connectivity index (χ4v) is 6.76. The van der Waals surface area contributed by atoms with Gasteiger partial charge in [-0.2, -0.15) is 0 Å². The molecule has 4 fully saturated rings. The van der Waals surface area contributed by atoms with Gasteiger partial charge in [-0.05, 0) is 67.6 Å². The molecule has 1 amide bonds. The number of primary amides is 1. The summed E-state index contributed by atoms with van der Waals surface area (Å²) in [5.41, 5.74) is 6.61. The van der Waals surface area contributed by atoms with E-state index in [4.69, 9.17) is 10.5 Å². The van der Waals surface area contributed by atoms with E-state index in [9.17, 15) is 4.79 Å². The van der Waals surface area contributed by atoms with Gasteiger partial charge in [-0.25, -0.2) is 0 Å². The van der Waals surface area contributed by atoms with E-state index in [2.05, 4.69) is 9.88 Å². The van der Waals surface area contributed by atoms with E-state index < -0.39 is 5.91 Å². The van der Waals surface area contributed by atoms with Gasteiger partial charge in [-0.3, -0.25) is 9.78 Å². The summed E-state index contributed by atoms with van der Waals surface area (Å²) in [4.78, 5) is 18.5. The molecule has 2 N–H and O–H groups in total. The monoisotopic (exact) mass is 405 g/mol. The fourth-order valence-electron chi connectivity index (χ4n) is 6.76. The molecule has 6 atom stereocenters. The molecule has 3 aliphatic carbocycles. The Hall–Kier alpha value is -1.17. The second-order valence-corrected chi connectivity index (χ2v) is 9.43. The van der Waals surface area contributed by atoms with Gasteiger partial charge in [0.1, 0.15) is 11.3 Å². The lowest BCUT2D eigenvalue weighted by molar-refractivity contribution is -0.170. The quantitative estimate of drug-likeness (QED) is 0.816. The number of aromatic nitrogens is 1. The molecule has 3 saturated carbocycles. The highest BCUT2D eigenvalue weighted by molar-refractivity contribution is 5.90. The third kappa shape index (κ3) is 3.25. The van der Waals surface area contributed by atoms with Crippen molar-refractivity contribution in [2.75, 3.05) is 26.7 Å². The Morgan fingerprint density at radius 1 is 1.25 bits per heavy atom. The van der Waals surface area contributed by atoms with E-state index in [1.54, 1.807) is 6.20 Å². The number of hydrogen-bond donors (Lipinski definition) is 1. The van der Waals surface area contributed by atoms with Crippen LogP contribution in [0.25, 0.3) is 0 Å². The topological polar surface area (TPSA) is 68.5 Å². The van der Waals surface area contributed by atoms with Crippen molar-refractivity contribution in [3.05, 3.63) is 29.6 Å². The molecule has 1 aliphatic heterocycles. The Morgan fingerprint density at radius 2 is 1.93 bits per heavy atom. The predicted octanol–water partition coefficient (Wildman–Crippen LogP) is 3.22. The average Bonchev–Trinajstić information content (AvgIpc) is 3.27. The Kier molecular flexibility index (Phi) is 5.45. The first-order valence-corrected chi connectivity index (χ1v) is 10.6. The first-order chi connectivity index (χ1) is 13.1. The van der Waals surface area contributed by atoms with Crippen molar-refractivity contribution < 1.29 is 9.53 Å². The Bertz CT molecular complexity index is 718. The number of nitrogens with zero attached hydrogens (tertiary/aromatic N) is 2. The molecule has 4 aliphatic rings. The molecule has 5 rings (SSSR count). The summed E-state index contributed by atoms with van der Waals surface area (Å²) >= 11 is 0. The molecular formula is C22H32ClN3O2. The number of carbonyl (C=O) groups is 1. The molecule has 0 unspecified atom stereocenters. The smallest absolute Gasteiger partial charge is 0.267 e. The Morgan fingerprint density at radius 3 is 2.54 bits per heavy atom. The SMILES string of the molecule is CO[C@]1(c2ccnc(C(N)=O)c2)[C@@H]2CCC[C@H]1CN(C[C@H]1C[C@@H]3C[C@@H]3C1)C2.Cl. The highest BCUT2D eigenvalue weighted by Crippen LogP contribution is 2.55. The third-order valence-corrected chi connectivity index (χ3v) is 7.93. The van der Waals surface area contributed by atoms with Crippen LogP contribution in [0.15, 0.2) is 18.3 Å². The van der Waals surface area contributed by atoms with Crippen LogP contribution in [0.1, 0.15) is 54.6 Å². The summed E-state index contributed by atoms with van der Waals surface area (Å²) in [6.07, 6.45) is 9.77. The van der Waals surface area contributed by atoms with Crippen molar-refractivity contribution in [1.82, 2.24) is 9.88 Å². The number of piperidine rings is 1. The molecule has 1 aromatic rings. The minimum atomic E-state index is -0.467. The Labute approximate surface area is 173 Å². The number of halogens is 1. The zero-order chi connectivity index (χ0) is 18.6. The first kappa shape index (κ1) is 20.1. The molecule has 2 bridgehead atoms. The number of amides is 1. The van der Waals surface area contributed by atoms with Gasteiger partial charge in [-0.1, -0.05) is 6.42 Å². The number of nitrogens with two attached hydrogens (primary N) is 1. The Balaban J connectivity index is 0.00000192. The lowest BCUT2D eigenvalue weighted by atomic mass is 9.62. The minimum Gasteiger partial charge on any atom is -0.373 e. The number of pyridine rings is 1. The normalized spacial score (nSPS) is 39.1. The number of carbonyl (C=O) groups excluding carboxylic acids is 1. The van der Waals surface area contributed by atoms with E-state index in [-0.39, 0.29) is 18.0 Å². The van der Waals surface area contributed by atoms with Crippen LogP contribution < -0.4 is 5.73 Å². The van der Waals surface area contributed by atoms with Crippen LogP contribution in [-0.2, 0) is 10.3 Å². The van der Waals surface area contributed by atoms with Crippen LogP contribution in [0.2, 0.25) is 0 Å². The molecule has 1 saturated heterocycles. The zero-order valence-electron chi connectivity index (χ0n) is 16.7. The van der Waals surface area contributed by atoms with Gasteiger partial charge in [0.05, 0.1) is 0 Å². The lowest BCUT2D eigenvalue weighted by Crippen LogP contribution is -2.59. The molecule has 1 aromatic heterocycles. The van der Waals surface area contributed by atoms with E-state index >= 15 is 0 Å². The van der Waals surface area contributed by atoms with Crippen LogP contribution in [0.4, 0.5) is 0 Å². The fraction of sp³-hybridized carbons (Fsp3) is 0.727. The molecule has 0 radical (unpaired) electrons.